The lowest BCUT2D eigenvalue weighted by Crippen LogP contribution is -1.99. The van der Waals surface area contributed by atoms with Gasteiger partial charge in [0.2, 0.25) is 0 Å². The lowest BCUT2D eigenvalue weighted by atomic mass is 10.4. The number of carbonyl (C=O) groups is 1. The van der Waals surface area contributed by atoms with Gasteiger partial charge < -0.3 is 9.30 Å². The van der Waals surface area contributed by atoms with Gasteiger partial charge in [0.15, 0.2) is 0 Å². The Bertz CT molecular complexity index is 329. The molecule has 0 aliphatic heterocycles. The summed E-state index contributed by atoms with van der Waals surface area (Å²) in [7, 11) is 1.35. The Morgan fingerprint density at radius 3 is 3.14 bits per heavy atom. The van der Waals surface area contributed by atoms with Gasteiger partial charge in [0.1, 0.15) is 5.82 Å². The third-order valence-corrected chi connectivity index (χ3v) is 1.78. The van der Waals surface area contributed by atoms with Gasteiger partial charge in [-0.15, -0.1) is 0 Å². The van der Waals surface area contributed by atoms with Crippen LogP contribution in [0, 0.1) is 0 Å². The van der Waals surface area contributed by atoms with Gasteiger partial charge in [0.05, 0.1) is 7.11 Å². The van der Waals surface area contributed by atoms with Crippen LogP contribution in [0.25, 0.3) is 6.08 Å². The smallest absolute Gasteiger partial charge is 0.330 e. The third-order valence-electron chi connectivity index (χ3n) is 1.78. The molecule has 0 aliphatic carbocycles. The zero-order valence-corrected chi connectivity index (χ0v) is 8.43. The van der Waals surface area contributed by atoms with E-state index in [1.165, 1.54) is 13.2 Å². The van der Waals surface area contributed by atoms with Crippen LogP contribution in [0.4, 0.5) is 0 Å². The topological polar surface area (TPSA) is 44.1 Å². The maximum atomic E-state index is 10.8. The molecule has 0 bridgehead atoms. The Balaban J connectivity index is 2.70. The highest BCUT2D eigenvalue weighted by atomic mass is 16.5. The summed E-state index contributed by atoms with van der Waals surface area (Å²) in [6.07, 6.45) is 7.67. The molecule has 4 heteroatoms. The van der Waals surface area contributed by atoms with Crippen LogP contribution in [0.15, 0.2) is 18.5 Å². The molecule has 76 valence electrons. The van der Waals surface area contributed by atoms with Crippen LogP contribution in [0.3, 0.4) is 0 Å². The van der Waals surface area contributed by atoms with Crippen LogP contribution < -0.4 is 0 Å². The minimum absolute atomic E-state index is 0.365. The molecule has 0 atom stereocenters. The minimum Gasteiger partial charge on any atom is -0.466 e. The molecular formula is C10H14N2O2. The molecule has 0 fully saturated rings. The fourth-order valence-corrected chi connectivity index (χ4v) is 1.12. The molecule has 1 rings (SSSR count). The predicted molar refractivity (Wildman–Crippen MR) is 53.6 cm³/mol. The Morgan fingerprint density at radius 2 is 2.50 bits per heavy atom. The average Bonchev–Trinajstić information content (AvgIpc) is 2.62. The van der Waals surface area contributed by atoms with E-state index in [2.05, 4.69) is 16.6 Å². The number of esters is 1. The molecule has 1 aromatic heterocycles. The Kier molecular flexibility index (Phi) is 3.91. The van der Waals surface area contributed by atoms with E-state index in [4.69, 9.17) is 0 Å². The highest BCUT2D eigenvalue weighted by Crippen LogP contribution is 2.01. The summed E-state index contributed by atoms with van der Waals surface area (Å²) in [6.45, 7) is 2.99. The van der Waals surface area contributed by atoms with Gasteiger partial charge in [-0.05, 0) is 12.5 Å². The largest absolute Gasteiger partial charge is 0.466 e. The molecule has 1 heterocycles. The van der Waals surface area contributed by atoms with Gasteiger partial charge in [0.25, 0.3) is 0 Å². The number of nitrogens with zero attached hydrogens (tertiary/aromatic N) is 2. The van der Waals surface area contributed by atoms with Crippen molar-refractivity contribution in [2.24, 2.45) is 0 Å². The normalized spacial score (nSPS) is 10.7. The first-order valence-electron chi connectivity index (χ1n) is 4.55. The summed E-state index contributed by atoms with van der Waals surface area (Å²) in [4.78, 5) is 14.9. The van der Waals surface area contributed by atoms with Crippen LogP contribution in [0.2, 0.25) is 0 Å². The van der Waals surface area contributed by atoms with Crippen LogP contribution in [-0.2, 0) is 16.1 Å². The van der Waals surface area contributed by atoms with Crippen molar-refractivity contribution < 1.29 is 9.53 Å². The fraction of sp³-hybridized carbons (Fsp3) is 0.400. The number of imidazole rings is 1. The molecule has 0 spiro atoms. The Labute approximate surface area is 83.2 Å². The molecule has 0 aromatic carbocycles. The maximum Gasteiger partial charge on any atom is 0.330 e. The van der Waals surface area contributed by atoms with E-state index in [-0.39, 0.29) is 5.97 Å². The van der Waals surface area contributed by atoms with Gasteiger partial charge >= 0.3 is 5.97 Å². The first-order valence-corrected chi connectivity index (χ1v) is 4.55. The van der Waals surface area contributed by atoms with Crippen LogP contribution in [0.5, 0.6) is 0 Å². The lowest BCUT2D eigenvalue weighted by Gasteiger charge is -2.00. The van der Waals surface area contributed by atoms with Crippen molar-refractivity contribution >= 4 is 12.0 Å². The van der Waals surface area contributed by atoms with Crippen molar-refractivity contribution in [3.8, 4) is 0 Å². The second-order valence-corrected chi connectivity index (χ2v) is 2.84. The molecule has 0 saturated carbocycles. The average molecular weight is 194 g/mol. The standard InChI is InChI=1S/C10H14N2O2/c1-3-7-12-8-6-11-9(12)4-5-10(13)14-2/h4-6,8H,3,7H2,1-2H3/b5-4+. The van der Waals surface area contributed by atoms with E-state index in [1.54, 1.807) is 12.3 Å². The van der Waals surface area contributed by atoms with Crippen LogP contribution in [-0.4, -0.2) is 22.6 Å². The number of hydrogen-bond acceptors (Lipinski definition) is 3. The number of methoxy groups -OCH3 is 1. The van der Waals surface area contributed by atoms with E-state index in [1.807, 2.05) is 10.8 Å². The van der Waals surface area contributed by atoms with Crippen LogP contribution >= 0.6 is 0 Å². The van der Waals surface area contributed by atoms with Crippen molar-refractivity contribution in [1.29, 1.82) is 0 Å². The molecule has 0 unspecified atom stereocenters. The predicted octanol–water partition coefficient (Wildman–Crippen LogP) is 1.48. The van der Waals surface area contributed by atoms with Crippen molar-refractivity contribution in [2.45, 2.75) is 19.9 Å². The van der Waals surface area contributed by atoms with Crippen molar-refractivity contribution in [2.75, 3.05) is 7.11 Å². The summed E-state index contributed by atoms with van der Waals surface area (Å²) in [6, 6.07) is 0. The monoisotopic (exact) mass is 194 g/mol. The fourth-order valence-electron chi connectivity index (χ4n) is 1.12. The molecule has 1 aromatic rings. The third kappa shape index (κ3) is 2.73. The summed E-state index contributed by atoms with van der Waals surface area (Å²) >= 11 is 0. The molecule has 0 saturated heterocycles. The van der Waals surface area contributed by atoms with Crippen molar-refractivity contribution in [3.05, 3.63) is 24.3 Å². The van der Waals surface area contributed by atoms with E-state index in [0.717, 1.165) is 18.8 Å². The first kappa shape index (κ1) is 10.5. The second kappa shape index (κ2) is 5.21. The quantitative estimate of drug-likeness (QED) is 0.538. The second-order valence-electron chi connectivity index (χ2n) is 2.84. The van der Waals surface area contributed by atoms with E-state index >= 15 is 0 Å². The minimum atomic E-state index is -0.365. The molecule has 0 aliphatic rings. The number of rotatable bonds is 4. The number of carbonyl (C=O) groups excluding carboxylic acids is 1. The highest BCUT2D eigenvalue weighted by Gasteiger charge is 1.98. The van der Waals surface area contributed by atoms with E-state index in [9.17, 15) is 4.79 Å². The summed E-state index contributed by atoms with van der Waals surface area (Å²) in [5.74, 6) is 0.410. The molecule has 4 nitrogen and oxygen atoms in total. The highest BCUT2D eigenvalue weighted by molar-refractivity contribution is 5.86. The van der Waals surface area contributed by atoms with Crippen LogP contribution in [0.1, 0.15) is 19.2 Å². The van der Waals surface area contributed by atoms with Gasteiger partial charge in [-0.2, -0.15) is 0 Å². The van der Waals surface area contributed by atoms with E-state index in [0.29, 0.717) is 0 Å². The van der Waals surface area contributed by atoms with Crippen molar-refractivity contribution in [1.82, 2.24) is 9.55 Å². The maximum absolute atomic E-state index is 10.8. The molecule has 0 radical (unpaired) electrons. The lowest BCUT2D eigenvalue weighted by molar-refractivity contribution is -0.134. The zero-order valence-electron chi connectivity index (χ0n) is 8.43. The van der Waals surface area contributed by atoms with Gasteiger partial charge in [-0.1, -0.05) is 6.92 Å². The number of hydrogen-bond donors (Lipinski definition) is 0. The van der Waals surface area contributed by atoms with Gasteiger partial charge in [0, 0.05) is 25.0 Å². The number of ether oxygens (including phenoxy) is 1. The van der Waals surface area contributed by atoms with E-state index < -0.39 is 0 Å². The van der Waals surface area contributed by atoms with Crippen molar-refractivity contribution in [3.63, 3.8) is 0 Å². The summed E-state index contributed by atoms with van der Waals surface area (Å²) in [5, 5.41) is 0. The van der Waals surface area contributed by atoms with Gasteiger partial charge in [-0.3, -0.25) is 0 Å². The molecule has 0 amide bonds. The van der Waals surface area contributed by atoms with Gasteiger partial charge in [-0.25, -0.2) is 9.78 Å². The summed E-state index contributed by atoms with van der Waals surface area (Å²) in [5.41, 5.74) is 0. The number of aromatic nitrogens is 2. The molecule has 0 N–H and O–H groups in total. The SMILES string of the molecule is CCCn1ccnc1/C=C/C(=O)OC. The number of aryl methyl sites for hydroxylation is 1. The summed E-state index contributed by atoms with van der Waals surface area (Å²) < 4.78 is 6.47. The molecular weight excluding hydrogens is 180 g/mol. The Hall–Kier alpha value is -1.58. The molecule has 14 heavy (non-hydrogen) atoms. The zero-order chi connectivity index (χ0) is 10.4. The Morgan fingerprint density at radius 1 is 1.71 bits per heavy atom. The first-order chi connectivity index (χ1) is 6.77.